The van der Waals surface area contributed by atoms with E-state index in [2.05, 4.69) is 24.5 Å². The first-order valence-corrected chi connectivity index (χ1v) is 15.7. The fourth-order valence-electron chi connectivity index (χ4n) is 6.15. The number of fused-ring (bicyclic) bond motifs is 1. The predicted octanol–water partition coefficient (Wildman–Crippen LogP) is 5.92. The quantitative estimate of drug-likeness (QED) is 0.270. The van der Waals surface area contributed by atoms with Crippen molar-refractivity contribution >= 4 is 40.4 Å². The number of ether oxygens (including phenoxy) is 1. The summed E-state index contributed by atoms with van der Waals surface area (Å²) in [5, 5.41) is 1.97. The fraction of sp³-hybridized carbons (Fsp3) is 0.344. The molecular weight excluding hydrogens is 539 g/mol. The molecule has 0 unspecified atom stereocenters. The van der Waals surface area contributed by atoms with Crippen molar-refractivity contribution in [2.45, 2.75) is 65.0 Å². The van der Waals surface area contributed by atoms with Gasteiger partial charge in [0.05, 0.1) is 22.4 Å². The zero-order valence-corrected chi connectivity index (χ0v) is 24.7. The van der Waals surface area contributed by atoms with Crippen LogP contribution in [0.5, 0.6) is 0 Å². The Kier molecular flexibility index (Phi) is 7.47. The molecule has 6 rings (SSSR count). The first kappa shape index (κ1) is 26.7. The van der Waals surface area contributed by atoms with Crippen molar-refractivity contribution in [1.82, 2.24) is 9.13 Å². The highest BCUT2D eigenvalue weighted by Crippen LogP contribution is 2.37. The molecule has 1 aliphatic carbocycles. The van der Waals surface area contributed by atoms with Crippen molar-refractivity contribution in [3.8, 4) is 0 Å². The minimum absolute atomic E-state index is 0.140. The number of hydrogen-bond acceptors (Lipinski definition) is 6. The second kappa shape index (κ2) is 11.2. The summed E-state index contributed by atoms with van der Waals surface area (Å²) in [6, 6.07) is 15.7. The van der Waals surface area contributed by atoms with Gasteiger partial charge >= 0.3 is 5.97 Å². The van der Waals surface area contributed by atoms with Crippen molar-refractivity contribution < 1.29 is 9.53 Å². The Hall–Kier alpha value is -3.49. The number of nitrogens with zero attached hydrogens (tertiary/aromatic N) is 3. The highest BCUT2D eigenvalue weighted by atomic mass is 32.1. The minimum Gasteiger partial charge on any atom is -0.463 e. The van der Waals surface area contributed by atoms with E-state index in [1.807, 2.05) is 53.9 Å². The first-order chi connectivity index (χ1) is 19.5. The third-order valence-corrected chi connectivity index (χ3v) is 9.84. The van der Waals surface area contributed by atoms with Crippen LogP contribution in [-0.4, -0.2) is 21.7 Å². The van der Waals surface area contributed by atoms with E-state index in [0.29, 0.717) is 26.6 Å². The van der Waals surface area contributed by atoms with Gasteiger partial charge in [-0.2, -0.15) is 0 Å². The van der Waals surface area contributed by atoms with Gasteiger partial charge in [-0.05, 0) is 62.8 Å². The van der Waals surface area contributed by atoms with Gasteiger partial charge in [0.15, 0.2) is 4.80 Å². The number of thiophene rings is 1. The molecule has 6 nitrogen and oxygen atoms in total. The molecule has 0 spiro atoms. The smallest absolute Gasteiger partial charge is 0.338 e. The molecular formula is C32H33N3O3S2. The molecule has 4 aromatic rings. The number of hydrogen-bond donors (Lipinski definition) is 0. The molecule has 0 saturated heterocycles. The molecule has 0 bridgehead atoms. The molecule has 0 N–H and O–H groups in total. The second-order valence-electron chi connectivity index (χ2n) is 10.4. The standard InChI is InChI=1S/C32H33N3O3S2/c1-4-38-31(37)27-28(22-12-7-5-8-13-22)33-32-35(29(27)25-16-11-17-39-25)30(36)26(40-32)19-23-18-20(2)34(21(23)3)24-14-9-6-10-15-24/h5,7-8,11-13,16-19,24,29H,4,6,9-10,14-15H2,1-3H3/t29-/m1/s1. The Labute approximate surface area is 241 Å². The molecule has 1 saturated carbocycles. The molecule has 8 heteroatoms. The summed E-state index contributed by atoms with van der Waals surface area (Å²) in [4.78, 5) is 34.0. The Morgan fingerprint density at radius 1 is 1.07 bits per heavy atom. The summed E-state index contributed by atoms with van der Waals surface area (Å²) >= 11 is 2.90. The summed E-state index contributed by atoms with van der Waals surface area (Å²) in [6.07, 6.45) is 8.27. The van der Waals surface area contributed by atoms with Gasteiger partial charge in [-0.15, -0.1) is 11.3 Å². The second-order valence-corrected chi connectivity index (χ2v) is 12.4. The van der Waals surface area contributed by atoms with Gasteiger partial charge in [-0.1, -0.05) is 67.0 Å². The average molecular weight is 572 g/mol. The molecule has 1 fully saturated rings. The molecule has 1 aliphatic heterocycles. The lowest BCUT2D eigenvalue weighted by atomic mass is 9.95. The normalized spacial score (nSPS) is 18.1. The topological polar surface area (TPSA) is 65.6 Å². The van der Waals surface area contributed by atoms with Crippen LogP contribution in [0.25, 0.3) is 11.8 Å². The van der Waals surface area contributed by atoms with Crippen molar-refractivity contribution in [2.24, 2.45) is 4.99 Å². The molecule has 1 atom stereocenters. The Morgan fingerprint density at radius 2 is 1.85 bits per heavy atom. The lowest BCUT2D eigenvalue weighted by Gasteiger charge is -2.26. The lowest BCUT2D eigenvalue weighted by molar-refractivity contribution is -0.138. The number of carbonyl (C=O) groups is 1. The van der Waals surface area contributed by atoms with Crippen molar-refractivity contribution in [2.75, 3.05) is 6.61 Å². The third kappa shape index (κ3) is 4.73. The van der Waals surface area contributed by atoms with Crippen molar-refractivity contribution in [1.29, 1.82) is 0 Å². The Morgan fingerprint density at radius 3 is 2.55 bits per heavy atom. The Balaban J connectivity index is 1.56. The maximum absolute atomic E-state index is 14.1. The van der Waals surface area contributed by atoms with Crippen LogP contribution < -0.4 is 14.9 Å². The van der Waals surface area contributed by atoms with Gasteiger partial charge in [-0.3, -0.25) is 9.36 Å². The summed E-state index contributed by atoms with van der Waals surface area (Å²) in [5.41, 5.74) is 5.12. The maximum Gasteiger partial charge on any atom is 0.338 e. The van der Waals surface area contributed by atoms with Crippen LogP contribution in [0.15, 0.2) is 69.3 Å². The van der Waals surface area contributed by atoms with Crippen LogP contribution in [0, 0.1) is 13.8 Å². The number of thiazole rings is 1. The molecule has 1 aromatic carbocycles. The van der Waals surface area contributed by atoms with Crippen molar-refractivity contribution in [3.05, 3.63) is 107 Å². The Bertz CT molecular complexity index is 1750. The number of esters is 1. The monoisotopic (exact) mass is 571 g/mol. The predicted molar refractivity (Wildman–Crippen MR) is 161 cm³/mol. The molecule has 0 radical (unpaired) electrons. The average Bonchev–Trinajstić information content (AvgIpc) is 3.68. The van der Waals surface area contributed by atoms with Crippen LogP contribution >= 0.6 is 22.7 Å². The maximum atomic E-state index is 14.1. The van der Waals surface area contributed by atoms with Crippen LogP contribution in [0.3, 0.4) is 0 Å². The summed E-state index contributed by atoms with van der Waals surface area (Å²) in [5.74, 6) is -0.450. The highest BCUT2D eigenvalue weighted by Gasteiger charge is 2.35. The van der Waals surface area contributed by atoms with E-state index >= 15 is 0 Å². The van der Waals surface area contributed by atoms with Gasteiger partial charge in [0.2, 0.25) is 0 Å². The van der Waals surface area contributed by atoms with Gasteiger partial charge < -0.3 is 9.30 Å². The molecule has 0 amide bonds. The number of carbonyl (C=O) groups excluding carboxylic acids is 1. The molecule has 2 aliphatic rings. The van der Waals surface area contributed by atoms with E-state index in [0.717, 1.165) is 16.0 Å². The van der Waals surface area contributed by atoms with E-state index in [1.54, 1.807) is 11.5 Å². The minimum atomic E-state index is -0.609. The van der Waals surface area contributed by atoms with E-state index in [4.69, 9.17) is 9.73 Å². The number of aryl methyl sites for hydroxylation is 1. The van der Waals surface area contributed by atoms with E-state index < -0.39 is 12.0 Å². The lowest BCUT2D eigenvalue weighted by Crippen LogP contribution is -2.39. The summed E-state index contributed by atoms with van der Waals surface area (Å²) < 4.78 is 10.3. The highest BCUT2D eigenvalue weighted by molar-refractivity contribution is 7.10. The number of benzene rings is 1. The third-order valence-electron chi connectivity index (χ3n) is 7.94. The largest absolute Gasteiger partial charge is 0.463 e. The zero-order valence-electron chi connectivity index (χ0n) is 23.1. The summed E-state index contributed by atoms with van der Waals surface area (Å²) in [7, 11) is 0. The zero-order chi connectivity index (χ0) is 27.8. The molecule has 206 valence electrons. The molecule has 4 heterocycles. The van der Waals surface area contributed by atoms with Crippen LogP contribution in [-0.2, 0) is 9.53 Å². The van der Waals surface area contributed by atoms with Crippen LogP contribution in [0.2, 0.25) is 0 Å². The summed E-state index contributed by atoms with van der Waals surface area (Å²) in [6.45, 7) is 6.35. The van der Waals surface area contributed by atoms with Crippen molar-refractivity contribution in [3.63, 3.8) is 0 Å². The molecule has 40 heavy (non-hydrogen) atoms. The number of aromatic nitrogens is 2. The van der Waals surface area contributed by atoms with Gasteiger partial charge in [0.25, 0.3) is 5.56 Å². The fourth-order valence-corrected chi connectivity index (χ4v) is 7.96. The van der Waals surface area contributed by atoms with E-state index in [9.17, 15) is 9.59 Å². The first-order valence-electron chi connectivity index (χ1n) is 14.0. The molecule has 3 aromatic heterocycles. The van der Waals surface area contributed by atoms with Gasteiger partial charge in [0, 0.05) is 27.9 Å². The SMILES string of the molecule is CCOC(=O)C1=C(c2ccccc2)N=c2sc(=Cc3cc(C)n(C4CCCCC4)c3C)c(=O)n2[C@@H]1c1cccs1. The van der Waals surface area contributed by atoms with Gasteiger partial charge in [0.1, 0.15) is 6.04 Å². The van der Waals surface area contributed by atoms with Crippen LogP contribution in [0.4, 0.5) is 0 Å². The van der Waals surface area contributed by atoms with E-state index in [1.165, 1.54) is 66.2 Å². The van der Waals surface area contributed by atoms with Crippen LogP contribution in [0.1, 0.15) is 78.5 Å². The number of rotatable bonds is 6. The van der Waals surface area contributed by atoms with E-state index in [-0.39, 0.29) is 12.2 Å². The van der Waals surface area contributed by atoms with Gasteiger partial charge in [-0.25, -0.2) is 9.79 Å².